The predicted octanol–water partition coefficient (Wildman–Crippen LogP) is 4.67. The van der Waals surface area contributed by atoms with Crippen molar-refractivity contribution in [3.8, 4) is 5.75 Å². The zero-order chi connectivity index (χ0) is 14.4. The highest BCUT2D eigenvalue weighted by molar-refractivity contribution is 6.42. The van der Waals surface area contributed by atoms with Crippen molar-refractivity contribution in [1.82, 2.24) is 5.32 Å². The monoisotopic (exact) mass is 313 g/mol. The topological polar surface area (TPSA) is 34.4 Å². The van der Waals surface area contributed by atoms with E-state index in [1.54, 1.807) is 18.2 Å². The molecule has 2 rings (SSSR count). The second-order valence-corrected chi connectivity index (χ2v) is 5.17. The molecule has 0 aliphatic carbocycles. The van der Waals surface area contributed by atoms with E-state index < -0.39 is 0 Å². The Morgan fingerprint density at radius 1 is 1.15 bits per heavy atom. The van der Waals surface area contributed by atoms with E-state index in [1.165, 1.54) is 0 Å². The molecule has 20 heavy (non-hydrogen) atoms. The van der Waals surface area contributed by atoms with E-state index >= 15 is 0 Å². The molecule has 3 nitrogen and oxygen atoms in total. The molecular formula is C15H17Cl2NO2. The van der Waals surface area contributed by atoms with Crippen molar-refractivity contribution in [3.05, 3.63) is 51.9 Å². The van der Waals surface area contributed by atoms with Gasteiger partial charge in [0.25, 0.3) is 0 Å². The molecule has 0 saturated carbocycles. The van der Waals surface area contributed by atoms with Crippen LogP contribution in [0.3, 0.4) is 0 Å². The molecule has 2 aromatic rings. The van der Waals surface area contributed by atoms with Crippen molar-refractivity contribution in [1.29, 1.82) is 0 Å². The number of hydrogen-bond acceptors (Lipinski definition) is 3. The molecule has 1 N–H and O–H groups in total. The van der Waals surface area contributed by atoms with Gasteiger partial charge in [-0.25, -0.2) is 0 Å². The molecule has 0 radical (unpaired) electrons. The highest BCUT2D eigenvalue weighted by Gasteiger charge is 2.07. The quantitative estimate of drug-likeness (QED) is 0.755. The normalized spacial score (nSPS) is 10.8. The number of halogens is 2. The first-order chi connectivity index (χ1) is 9.70. The zero-order valence-corrected chi connectivity index (χ0v) is 12.8. The maximum atomic E-state index is 6.05. The smallest absolute Gasteiger partial charge is 0.146 e. The molecule has 0 fully saturated rings. The van der Waals surface area contributed by atoms with E-state index in [1.807, 2.05) is 12.1 Å². The van der Waals surface area contributed by atoms with Crippen molar-refractivity contribution in [3.63, 3.8) is 0 Å². The summed E-state index contributed by atoms with van der Waals surface area (Å²) in [5.41, 5.74) is 0. The second kappa shape index (κ2) is 7.58. The molecule has 0 saturated heterocycles. The molecule has 0 spiro atoms. The van der Waals surface area contributed by atoms with Crippen LogP contribution in [0, 0.1) is 0 Å². The minimum absolute atomic E-state index is 0.327. The summed E-state index contributed by atoms with van der Waals surface area (Å²) >= 11 is 12.0. The summed E-state index contributed by atoms with van der Waals surface area (Å²) in [6.07, 6.45) is 1.10. The first-order valence-corrected chi connectivity index (χ1v) is 7.31. The first kappa shape index (κ1) is 15.2. The van der Waals surface area contributed by atoms with Crippen LogP contribution < -0.4 is 10.1 Å². The fourth-order valence-corrected chi connectivity index (χ4v) is 2.07. The average molecular weight is 314 g/mol. The molecule has 0 unspecified atom stereocenters. The molecular weight excluding hydrogens is 297 g/mol. The lowest BCUT2D eigenvalue weighted by Gasteiger charge is -2.07. The molecule has 108 valence electrons. The largest absolute Gasteiger partial charge is 0.484 e. The Hall–Kier alpha value is -1.16. The summed E-state index contributed by atoms with van der Waals surface area (Å²) in [5, 5.41) is 4.18. The van der Waals surface area contributed by atoms with Gasteiger partial charge >= 0.3 is 0 Å². The molecule has 0 atom stereocenters. The third kappa shape index (κ3) is 4.17. The minimum Gasteiger partial charge on any atom is -0.484 e. The van der Waals surface area contributed by atoms with E-state index in [0.717, 1.165) is 31.0 Å². The van der Waals surface area contributed by atoms with Gasteiger partial charge in [-0.3, -0.25) is 0 Å². The Balaban J connectivity index is 1.89. The molecule has 0 aliphatic rings. The Morgan fingerprint density at radius 2 is 1.95 bits per heavy atom. The highest BCUT2D eigenvalue weighted by atomic mass is 35.5. The van der Waals surface area contributed by atoms with Crippen LogP contribution in [0.1, 0.15) is 24.9 Å². The summed E-state index contributed by atoms with van der Waals surface area (Å²) < 4.78 is 11.3. The van der Waals surface area contributed by atoms with Crippen LogP contribution in [0.5, 0.6) is 5.75 Å². The Kier molecular flexibility index (Phi) is 5.77. The van der Waals surface area contributed by atoms with Crippen molar-refractivity contribution < 1.29 is 9.15 Å². The van der Waals surface area contributed by atoms with Crippen LogP contribution in [0.15, 0.2) is 34.7 Å². The van der Waals surface area contributed by atoms with E-state index in [9.17, 15) is 0 Å². The lowest BCUT2D eigenvalue weighted by molar-refractivity contribution is 0.265. The molecule has 1 heterocycles. The van der Waals surface area contributed by atoms with E-state index in [2.05, 4.69) is 12.2 Å². The zero-order valence-electron chi connectivity index (χ0n) is 11.3. The van der Waals surface area contributed by atoms with Gasteiger partial charge in [0.2, 0.25) is 0 Å². The van der Waals surface area contributed by atoms with E-state index in [-0.39, 0.29) is 0 Å². The van der Waals surface area contributed by atoms with Gasteiger partial charge in [-0.15, -0.1) is 0 Å². The molecule has 5 heteroatoms. The van der Waals surface area contributed by atoms with Crippen LogP contribution in [-0.4, -0.2) is 6.54 Å². The van der Waals surface area contributed by atoms with Crippen LogP contribution in [0.25, 0.3) is 0 Å². The van der Waals surface area contributed by atoms with Gasteiger partial charge in [-0.05, 0) is 37.2 Å². The second-order valence-electron chi connectivity index (χ2n) is 4.39. The van der Waals surface area contributed by atoms with Crippen molar-refractivity contribution in [2.75, 3.05) is 6.54 Å². The third-order valence-electron chi connectivity index (χ3n) is 2.73. The summed E-state index contributed by atoms with van der Waals surface area (Å²) in [6.45, 7) is 4.16. The van der Waals surface area contributed by atoms with E-state index in [4.69, 9.17) is 32.4 Å². The van der Waals surface area contributed by atoms with Gasteiger partial charge in [0.15, 0.2) is 0 Å². The maximum absolute atomic E-state index is 6.05. The number of rotatable bonds is 7. The van der Waals surface area contributed by atoms with Crippen LogP contribution >= 0.6 is 23.2 Å². The Morgan fingerprint density at radius 3 is 2.75 bits per heavy atom. The minimum atomic E-state index is 0.327. The summed E-state index contributed by atoms with van der Waals surface area (Å²) in [5.74, 6) is 2.21. The van der Waals surface area contributed by atoms with Crippen molar-refractivity contribution >= 4 is 23.2 Å². The number of nitrogens with one attached hydrogen (secondary N) is 1. The van der Waals surface area contributed by atoms with Gasteiger partial charge in [0.1, 0.15) is 28.9 Å². The number of furan rings is 1. The lowest BCUT2D eigenvalue weighted by Crippen LogP contribution is -2.13. The van der Waals surface area contributed by atoms with Gasteiger partial charge < -0.3 is 14.5 Å². The van der Waals surface area contributed by atoms with Gasteiger partial charge in [-0.1, -0.05) is 36.2 Å². The fourth-order valence-electron chi connectivity index (χ4n) is 1.73. The van der Waals surface area contributed by atoms with Gasteiger partial charge in [0, 0.05) is 0 Å². The third-order valence-corrected chi connectivity index (χ3v) is 3.53. The molecule has 0 amide bonds. The Labute approximate surface area is 128 Å². The summed E-state index contributed by atoms with van der Waals surface area (Å²) in [6, 6.07) is 9.15. The standard InChI is InChI=1S/C15H17Cl2NO2/c1-2-8-18-9-11-6-7-12(20-11)10-19-14-5-3-4-13(16)15(14)17/h3-7,18H,2,8-10H2,1H3. The van der Waals surface area contributed by atoms with Crippen LogP contribution in [0.2, 0.25) is 10.0 Å². The highest BCUT2D eigenvalue weighted by Crippen LogP contribution is 2.31. The maximum Gasteiger partial charge on any atom is 0.146 e. The van der Waals surface area contributed by atoms with Gasteiger partial charge in [0.05, 0.1) is 11.6 Å². The van der Waals surface area contributed by atoms with Gasteiger partial charge in [-0.2, -0.15) is 0 Å². The van der Waals surface area contributed by atoms with E-state index in [0.29, 0.717) is 22.4 Å². The molecule has 0 aliphatic heterocycles. The molecule has 0 bridgehead atoms. The summed E-state index contributed by atoms with van der Waals surface area (Å²) in [4.78, 5) is 0. The first-order valence-electron chi connectivity index (χ1n) is 6.56. The van der Waals surface area contributed by atoms with Crippen LogP contribution in [0.4, 0.5) is 0 Å². The number of hydrogen-bond donors (Lipinski definition) is 1. The van der Waals surface area contributed by atoms with Crippen molar-refractivity contribution in [2.24, 2.45) is 0 Å². The van der Waals surface area contributed by atoms with Crippen molar-refractivity contribution in [2.45, 2.75) is 26.5 Å². The number of ether oxygens (including phenoxy) is 1. The SMILES string of the molecule is CCCNCc1ccc(COc2cccc(Cl)c2Cl)o1. The average Bonchev–Trinajstić information content (AvgIpc) is 2.89. The lowest BCUT2D eigenvalue weighted by atomic mass is 10.3. The summed E-state index contributed by atoms with van der Waals surface area (Å²) in [7, 11) is 0. The Bertz CT molecular complexity index is 555. The molecule has 1 aromatic carbocycles. The van der Waals surface area contributed by atoms with Crippen LogP contribution in [-0.2, 0) is 13.2 Å². The fraction of sp³-hybridized carbons (Fsp3) is 0.333. The molecule has 1 aromatic heterocycles. The number of benzene rings is 1. The predicted molar refractivity (Wildman–Crippen MR) is 81.5 cm³/mol.